The molecular weight excluding hydrogens is 452 g/mol. The van der Waals surface area contributed by atoms with Gasteiger partial charge in [-0.2, -0.15) is 5.26 Å². The summed E-state index contributed by atoms with van der Waals surface area (Å²) in [4.78, 5) is 31.8. The van der Waals surface area contributed by atoms with Gasteiger partial charge in [-0.1, -0.05) is 18.2 Å². The SMILES string of the molecule is CC(=O)c1ccc2c(c1)C(=O)N(c1cc(-c3ccc(C#N)cc3-c3nncn3C)cc(C3CC3)n1)C2. The van der Waals surface area contributed by atoms with Crippen molar-refractivity contribution in [2.75, 3.05) is 4.90 Å². The Morgan fingerprint density at radius 2 is 1.89 bits per heavy atom. The van der Waals surface area contributed by atoms with Crippen molar-refractivity contribution >= 4 is 17.5 Å². The van der Waals surface area contributed by atoms with Gasteiger partial charge in [0.1, 0.15) is 12.1 Å². The van der Waals surface area contributed by atoms with E-state index in [0.29, 0.717) is 40.8 Å². The van der Waals surface area contributed by atoms with Crippen molar-refractivity contribution in [1.82, 2.24) is 19.7 Å². The summed E-state index contributed by atoms with van der Waals surface area (Å²) >= 11 is 0. The maximum atomic E-state index is 13.4. The van der Waals surface area contributed by atoms with E-state index in [-0.39, 0.29) is 11.7 Å². The minimum Gasteiger partial charge on any atom is -0.317 e. The zero-order valence-corrected chi connectivity index (χ0v) is 19.9. The van der Waals surface area contributed by atoms with Gasteiger partial charge in [-0.25, -0.2) is 4.98 Å². The summed E-state index contributed by atoms with van der Waals surface area (Å²) in [6.45, 7) is 1.90. The third-order valence-electron chi connectivity index (χ3n) is 6.84. The molecule has 176 valence electrons. The highest BCUT2D eigenvalue weighted by Crippen LogP contribution is 2.43. The summed E-state index contributed by atoms with van der Waals surface area (Å²) in [5.74, 6) is 1.36. The quantitative estimate of drug-likeness (QED) is 0.390. The van der Waals surface area contributed by atoms with E-state index in [1.165, 1.54) is 6.92 Å². The van der Waals surface area contributed by atoms with Crippen molar-refractivity contribution < 1.29 is 9.59 Å². The summed E-state index contributed by atoms with van der Waals surface area (Å²) in [7, 11) is 1.86. The fourth-order valence-corrected chi connectivity index (χ4v) is 4.70. The highest BCUT2D eigenvalue weighted by molar-refractivity contribution is 6.11. The molecule has 1 saturated carbocycles. The third kappa shape index (κ3) is 3.66. The van der Waals surface area contributed by atoms with Crippen LogP contribution in [0.4, 0.5) is 5.82 Å². The first-order chi connectivity index (χ1) is 17.4. The minimum atomic E-state index is -0.159. The second-order valence-electron chi connectivity index (χ2n) is 9.37. The number of aromatic nitrogens is 4. The van der Waals surface area contributed by atoms with Crippen molar-refractivity contribution in [2.45, 2.75) is 32.2 Å². The number of anilines is 1. The molecule has 3 heterocycles. The van der Waals surface area contributed by atoms with Gasteiger partial charge in [0.05, 0.1) is 18.2 Å². The minimum absolute atomic E-state index is 0.0719. The van der Waals surface area contributed by atoms with Crippen LogP contribution in [-0.2, 0) is 13.6 Å². The Hall–Kier alpha value is -4.64. The van der Waals surface area contributed by atoms with Crippen LogP contribution in [-0.4, -0.2) is 31.4 Å². The monoisotopic (exact) mass is 474 g/mol. The van der Waals surface area contributed by atoms with Crippen molar-refractivity contribution in [2.24, 2.45) is 7.05 Å². The first kappa shape index (κ1) is 21.9. The summed E-state index contributed by atoms with van der Waals surface area (Å²) in [6.07, 6.45) is 3.76. The Balaban J connectivity index is 1.48. The van der Waals surface area contributed by atoms with E-state index < -0.39 is 0 Å². The number of hydrogen-bond donors (Lipinski definition) is 0. The van der Waals surface area contributed by atoms with Crippen LogP contribution in [0, 0.1) is 11.3 Å². The van der Waals surface area contributed by atoms with E-state index in [1.807, 2.05) is 35.9 Å². The number of amides is 1. The zero-order chi connectivity index (χ0) is 25.0. The van der Waals surface area contributed by atoms with E-state index in [0.717, 1.165) is 40.8 Å². The Morgan fingerprint density at radius 1 is 1.06 bits per heavy atom. The predicted molar refractivity (Wildman–Crippen MR) is 133 cm³/mol. The second kappa shape index (κ2) is 8.24. The smallest absolute Gasteiger partial charge is 0.260 e. The molecule has 36 heavy (non-hydrogen) atoms. The van der Waals surface area contributed by atoms with Crippen LogP contribution in [0.15, 0.2) is 54.9 Å². The fraction of sp³-hybridized carbons (Fsp3) is 0.214. The molecule has 0 saturated heterocycles. The maximum absolute atomic E-state index is 13.4. The molecule has 1 fully saturated rings. The molecule has 0 radical (unpaired) electrons. The number of ketones is 1. The van der Waals surface area contributed by atoms with Crippen LogP contribution in [0.5, 0.6) is 0 Å². The van der Waals surface area contributed by atoms with Gasteiger partial charge in [-0.3, -0.25) is 14.5 Å². The Bertz CT molecular complexity index is 1610. The lowest BCUT2D eigenvalue weighted by atomic mass is 9.96. The van der Waals surface area contributed by atoms with Crippen LogP contribution in [0.25, 0.3) is 22.5 Å². The number of fused-ring (bicyclic) bond motifs is 1. The number of carbonyl (C=O) groups excluding carboxylic acids is 2. The topological polar surface area (TPSA) is 105 Å². The number of nitriles is 1. The molecule has 6 rings (SSSR count). The highest BCUT2D eigenvalue weighted by Gasteiger charge is 2.32. The molecule has 1 aliphatic heterocycles. The molecule has 0 N–H and O–H groups in total. The molecule has 8 nitrogen and oxygen atoms in total. The molecule has 1 aliphatic carbocycles. The fourth-order valence-electron chi connectivity index (χ4n) is 4.70. The first-order valence-corrected chi connectivity index (χ1v) is 11.8. The number of aryl methyl sites for hydroxylation is 1. The predicted octanol–water partition coefficient (Wildman–Crippen LogP) is 4.66. The standard InChI is InChI=1S/C28H22N6O2/c1-16(35)19-6-7-20-14-34(28(36)23(20)10-19)26-12-21(11-25(31-26)18-4-5-18)22-8-3-17(13-29)9-24(22)27-32-30-15-33(27)2/h3,6-12,15,18H,4-5,14H2,1-2H3. The van der Waals surface area contributed by atoms with Crippen molar-refractivity contribution in [3.8, 4) is 28.6 Å². The molecular formula is C28H22N6O2. The van der Waals surface area contributed by atoms with Gasteiger partial charge in [0.2, 0.25) is 0 Å². The van der Waals surface area contributed by atoms with Crippen LogP contribution in [0.3, 0.4) is 0 Å². The molecule has 1 amide bonds. The molecule has 0 atom stereocenters. The van der Waals surface area contributed by atoms with Gasteiger partial charge in [0.25, 0.3) is 5.91 Å². The Kier molecular flexibility index (Phi) is 5.00. The summed E-state index contributed by atoms with van der Waals surface area (Å²) in [5, 5.41) is 17.8. The largest absolute Gasteiger partial charge is 0.317 e. The van der Waals surface area contributed by atoms with E-state index in [2.05, 4.69) is 22.3 Å². The average molecular weight is 475 g/mol. The summed E-state index contributed by atoms with van der Waals surface area (Å²) in [6, 6.07) is 17.0. The van der Waals surface area contributed by atoms with Crippen LogP contribution >= 0.6 is 0 Å². The number of nitrogens with zero attached hydrogens (tertiary/aromatic N) is 6. The second-order valence-corrected chi connectivity index (χ2v) is 9.37. The Labute approximate surface area is 207 Å². The highest BCUT2D eigenvalue weighted by atomic mass is 16.2. The molecule has 8 heteroatoms. The number of rotatable bonds is 5. The van der Waals surface area contributed by atoms with Crippen molar-refractivity contribution in [1.29, 1.82) is 5.26 Å². The van der Waals surface area contributed by atoms with Crippen LogP contribution < -0.4 is 4.90 Å². The normalized spacial score (nSPS) is 14.6. The van der Waals surface area contributed by atoms with Crippen molar-refractivity contribution in [3.63, 3.8) is 0 Å². The Morgan fingerprint density at radius 3 is 2.58 bits per heavy atom. The van der Waals surface area contributed by atoms with Crippen LogP contribution in [0.1, 0.15) is 63.2 Å². The molecule has 0 unspecified atom stereocenters. The summed E-state index contributed by atoms with van der Waals surface area (Å²) < 4.78 is 1.82. The molecule has 2 aromatic carbocycles. The van der Waals surface area contributed by atoms with E-state index in [4.69, 9.17) is 4.98 Å². The van der Waals surface area contributed by atoms with Crippen molar-refractivity contribution in [3.05, 3.63) is 82.8 Å². The van der Waals surface area contributed by atoms with Crippen LogP contribution in [0.2, 0.25) is 0 Å². The first-order valence-electron chi connectivity index (χ1n) is 11.8. The van der Waals surface area contributed by atoms with Gasteiger partial charge >= 0.3 is 0 Å². The average Bonchev–Trinajstić information content (AvgIpc) is 3.58. The third-order valence-corrected chi connectivity index (χ3v) is 6.84. The molecule has 2 aliphatic rings. The lowest BCUT2D eigenvalue weighted by Crippen LogP contribution is -2.24. The lowest BCUT2D eigenvalue weighted by molar-refractivity contribution is 0.0995. The number of Topliss-reactive ketones (excluding diaryl/α,β-unsaturated/α-hetero) is 1. The number of pyridine rings is 1. The van der Waals surface area contributed by atoms with Gasteiger partial charge in [0.15, 0.2) is 11.6 Å². The zero-order valence-electron chi connectivity index (χ0n) is 19.9. The number of benzene rings is 2. The molecule has 0 bridgehead atoms. The van der Waals surface area contributed by atoms with E-state index in [1.54, 1.807) is 29.4 Å². The van der Waals surface area contributed by atoms with Gasteiger partial charge in [-0.05, 0) is 66.8 Å². The molecule has 0 spiro atoms. The van der Waals surface area contributed by atoms with Gasteiger partial charge < -0.3 is 4.57 Å². The van der Waals surface area contributed by atoms with E-state index in [9.17, 15) is 14.9 Å². The molecule has 2 aromatic heterocycles. The van der Waals surface area contributed by atoms with E-state index >= 15 is 0 Å². The summed E-state index contributed by atoms with van der Waals surface area (Å²) in [5.41, 5.74) is 6.00. The number of hydrogen-bond acceptors (Lipinski definition) is 6. The molecule has 4 aromatic rings. The van der Waals surface area contributed by atoms with Gasteiger partial charge in [-0.15, -0.1) is 10.2 Å². The van der Waals surface area contributed by atoms with Gasteiger partial charge in [0, 0.05) is 35.3 Å². The maximum Gasteiger partial charge on any atom is 0.260 e. The lowest BCUT2D eigenvalue weighted by Gasteiger charge is -2.18. The number of carbonyl (C=O) groups is 2.